The van der Waals surface area contributed by atoms with Gasteiger partial charge in [-0.05, 0) is 67.9 Å². The fourth-order valence-corrected chi connectivity index (χ4v) is 3.15. The third-order valence-electron chi connectivity index (χ3n) is 4.33. The lowest BCUT2D eigenvalue weighted by Gasteiger charge is -2.09. The van der Waals surface area contributed by atoms with Crippen LogP contribution in [0.4, 0.5) is 0 Å². The van der Waals surface area contributed by atoms with Crippen molar-refractivity contribution in [2.24, 2.45) is 5.10 Å². The first-order chi connectivity index (χ1) is 15.0. The molecule has 0 aliphatic heterocycles. The number of nitrogens with one attached hydrogen (secondary N) is 1. The molecule has 0 heterocycles. The van der Waals surface area contributed by atoms with Crippen LogP contribution in [0.5, 0.6) is 11.5 Å². The van der Waals surface area contributed by atoms with Gasteiger partial charge in [0.1, 0.15) is 11.5 Å². The van der Waals surface area contributed by atoms with Gasteiger partial charge >= 0.3 is 5.97 Å². The molecule has 0 saturated carbocycles. The summed E-state index contributed by atoms with van der Waals surface area (Å²) < 4.78 is 11.7. The highest BCUT2D eigenvalue weighted by Gasteiger charge is 2.12. The van der Waals surface area contributed by atoms with Crippen LogP contribution >= 0.6 is 15.9 Å². The SMILES string of the molecule is CCOc1ccc(C(=O)Oc2ccc(Br)cc2/C=N/NC(=O)c2ccccc2C)cc1. The van der Waals surface area contributed by atoms with E-state index < -0.39 is 5.97 Å². The molecule has 3 aromatic carbocycles. The summed E-state index contributed by atoms with van der Waals surface area (Å²) in [4.78, 5) is 24.9. The Morgan fingerprint density at radius 2 is 1.81 bits per heavy atom. The second-order valence-corrected chi connectivity index (χ2v) is 7.46. The summed E-state index contributed by atoms with van der Waals surface area (Å²) >= 11 is 3.39. The van der Waals surface area contributed by atoms with Gasteiger partial charge in [0.25, 0.3) is 5.91 Å². The summed E-state index contributed by atoms with van der Waals surface area (Å²) in [5.74, 6) is 0.164. The molecule has 7 heteroatoms. The van der Waals surface area contributed by atoms with Gasteiger partial charge in [0, 0.05) is 15.6 Å². The molecular weight excluding hydrogens is 460 g/mol. The highest BCUT2D eigenvalue weighted by molar-refractivity contribution is 9.10. The van der Waals surface area contributed by atoms with E-state index in [2.05, 4.69) is 26.5 Å². The monoisotopic (exact) mass is 480 g/mol. The van der Waals surface area contributed by atoms with Gasteiger partial charge in [-0.25, -0.2) is 10.2 Å². The van der Waals surface area contributed by atoms with Crippen LogP contribution in [0, 0.1) is 6.92 Å². The van der Waals surface area contributed by atoms with Crippen molar-refractivity contribution in [3.8, 4) is 11.5 Å². The van der Waals surface area contributed by atoms with Gasteiger partial charge in [-0.3, -0.25) is 4.79 Å². The summed E-state index contributed by atoms with van der Waals surface area (Å²) in [5, 5.41) is 4.02. The molecular formula is C24H21BrN2O4. The largest absolute Gasteiger partial charge is 0.494 e. The van der Waals surface area contributed by atoms with E-state index in [1.165, 1.54) is 6.21 Å². The Hall–Kier alpha value is -3.45. The Bertz CT molecular complexity index is 1110. The predicted molar refractivity (Wildman–Crippen MR) is 123 cm³/mol. The van der Waals surface area contributed by atoms with Crippen molar-refractivity contribution in [2.45, 2.75) is 13.8 Å². The number of esters is 1. The van der Waals surface area contributed by atoms with Crippen LogP contribution in [0.2, 0.25) is 0 Å². The van der Waals surface area contributed by atoms with Crippen molar-refractivity contribution in [1.82, 2.24) is 5.43 Å². The summed E-state index contributed by atoms with van der Waals surface area (Å²) in [6.45, 7) is 4.29. The van der Waals surface area contributed by atoms with Crippen molar-refractivity contribution in [2.75, 3.05) is 6.61 Å². The molecule has 3 aromatic rings. The Morgan fingerprint density at radius 3 is 2.52 bits per heavy atom. The quantitative estimate of drug-likeness (QED) is 0.220. The Morgan fingerprint density at radius 1 is 1.06 bits per heavy atom. The normalized spacial score (nSPS) is 10.7. The maximum atomic E-state index is 12.5. The number of carbonyl (C=O) groups is 2. The molecule has 0 bridgehead atoms. The smallest absolute Gasteiger partial charge is 0.343 e. The van der Waals surface area contributed by atoms with Gasteiger partial charge in [0.2, 0.25) is 0 Å². The summed E-state index contributed by atoms with van der Waals surface area (Å²) in [6.07, 6.45) is 1.43. The van der Waals surface area contributed by atoms with E-state index >= 15 is 0 Å². The molecule has 6 nitrogen and oxygen atoms in total. The van der Waals surface area contributed by atoms with Crippen molar-refractivity contribution >= 4 is 34.0 Å². The summed E-state index contributed by atoms with van der Waals surface area (Å²) in [5.41, 5.74) is 4.80. The molecule has 0 aliphatic rings. The molecule has 0 atom stereocenters. The van der Waals surface area contributed by atoms with Crippen molar-refractivity contribution in [3.05, 3.63) is 93.5 Å². The van der Waals surface area contributed by atoms with Crippen LogP contribution in [0.25, 0.3) is 0 Å². The lowest BCUT2D eigenvalue weighted by atomic mass is 10.1. The van der Waals surface area contributed by atoms with E-state index in [1.807, 2.05) is 26.0 Å². The van der Waals surface area contributed by atoms with Crippen molar-refractivity contribution in [1.29, 1.82) is 0 Å². The molecule has 1 amide bonds. The Kier molecular flexibility index (Phi) is 7.56. The van der Waals surface area contributed by atoms with E-state index in [0.717, 1.165) is 10.0 Å². The molecule has 1 N–H and O–H groups in total. The molecule has 31 heavy (non-hydrogen) atoms. The van der Waals surface area contributed by atoms with Gasteiger partial charge in [0.15, 0.2) is 0 Å². The van der Waals surface area contributed by atoms with Crippen LogP contribution in [-0.2, 0) is 0 Å². The standard InChI is InChI=1S/C24H21BrN2O4/c1-3-30-20-11-8-17(9-12-20)24(29)31-22-13-10-19(25)14-18(22)15-26-27-23(28)21-7-5-4-6-16(21)2/h4-15H,3H2,1-2H3,(H,27,28)/b26-15+. The molecule has 0 saturated heterocycles. The van der Waals surface area contributed by atoms with Crippen LogP contribution < -0.4 is 14.9 Å². The van der Waals surface area contributed by atoms with E-state index in [9.17, 15) is 9.59 Å². The van der Waals surface area contributed by atoms with Gasteiger partial charge in [-0.15, -0.1) is 0 Å². The minimum absolute atomic E-state index is 0.316. The Labute approximate surface area is 189 Å². The number of aryl methyl sites for hydroxylation is 1. The lowest BCUT2D eigenvalue weighted by Crippen LogP contribution is -2.18. The topological polar surface area (TPSA) is 77.0 Å². The minimum atomic E-state index is -0.510. The van der Waals surface area contributed by atoms with Gasteiger partial charge in [0.05, 0.1) is 18.4 Å². The summed E-state index contributed by atoms with van der Waals surface area (Å²) in [7, 11) is 0. The molecule has 0 unspecified atom stereocenters. The molecule has 0 aliphatic carbocycles. The molecule has 3 rings (SSSR count). The fourth-order valence-electron chi connectivity index (χ4n) is 2.77. The number of hydrogen-bond acceptors (Lipinski definition) is 5. The molecule has 158 valence electrons. The maximum absolute atomic E-state index is 12.5. The van der Waals surface area contributed by atoms with E-state index in [1.54, 1.807) is 54.6 Å². The zero-order valence-corrected chi connectivity index (χ0v) is 18.7. The average Bonchev–Trinajstić information content (AvgIpc) is 2.76. The number of ether oxygens (including phenoxy) is 2. The highest BCUT2D eigenvalue weighted by atomic mass is 79.9. The first-order valence-electron chi connectivity index (χ1n) is 9.61. The highest BCUT2D eigenvalue weighted by Crippen LogP contribution is 2.23. The number of nitrogens with zero attached hydrogens (tertiary/aromatic N) is 1. The van der Waals surface area contributed by atoms with Crippen LogP contribution in [0.1, 0.15) is 38.8 Å². The van der Waals surface area contributed by atoms with Crippen molar-refractivity contribution in [3.63, 3.8) is 0 Å². The number of hydrogen-bond donors (Lipinski definition) is 1. The second-order valence-electron chi connectivity index (χ2n) is 6.54. The van der Waals surface area contributed by atoms with E-state index in [-0.39, 0.29) is 5.91 Å². The second kappa shape index (κ2) is 10.5. The Balaban J connectivity index is 1.72. The number of halogens is 1. The third kappa shape index (κ3) is 6.02. The number of amides is 1. The first kappa shape index (κ1) is 22.2. The zero-order valence-electron chi connectivity index (χ0n) is 17.1. The van der Waals surface area contributed by atoms with E-state index in [0.29, 0.717) is 34.8 Å². The van der Waals surface area contributed by atoms with Crippen LogP contribution in [0.15, 0.2) is 76.3 Å². The molecule has 0 aromatic heterocycles. The van der Waals surface area contributed by atoms with Crippen LogP contribution in [0.3, 0.4) is 0 Å². The first-order valence-corrected chi connectivity index (χ1v) is 10.4. The number of benzene rings is 3. The molecule has 0 fully saturated rings. The number of rotatable bonds is 7. The number of hydrazone groups is 1. The maximum Gasteiger partial charge on any atom is 0.343 e. The minimum Gasteiger partial charge on any atom is -0.494 e. The predicted octanol–water partition coefficient (Wildman–Crippen LogP) is 5.14. The average molecular weight is 481 g/mol. The van der Waals surface area contributed by atoms with Crippen molar-refractivity contribution < 1.29 is 19.1 Å². The molecule has 0 spiro atoms. The zero-order chi connectivity index (χ0) is 22.2. The van der Waals surface area contributed by atoms with Gasteiger partial charge in [-0.2, -0.15) is 5.10 Å². The fraction of sp³-hybridized carbons (Fsp3) is 0.125. The number of carbonyl (C=O) groups excluding carboxylic acids is 2. The molecule has 0 radical (unpaired) electrons. The summed E-state index contributed by atoms with van der Waals surface area (Å²) in [6, 6.07) is 19.1. The third-order valence-corrected chi connectivity index (χ3v) is 4.83. The van der Waals surface area contributed by atoms with Gasteiger partial charge in [-0.1, -0.05) is 34.1 Å². The van der Waals surface area contributed by atoms with Gasteiger partial charge < -0.3 is 9.47 Å². The van der Waals surface area contributed by atoms with Crippen LogP contribution in [-0.4, -0.2) is 24.7 Å². The lowest BCUT2D eigenvalue weighted by molar-refractivity contribution is 0.0734. The van der Waals surface area contributed by atoms with E-state index in [4.69, 9.17) is 9.47 Å².